The van der Waals surface area contributed by atoms with E-state index < -0.39 is 10.0 Å². The topological polar surface area (TPSA) is 59.1 Å². The van der Waals surface area contributed by atoms with Gasteiger partial charge in [-0.2, -0.15) is 0 Å². The number of nitrogens with one attached hydrogen (secondary N) is 1. The second-order valence-corrected chi connectivity index (χ2v) is 6.41. The van der Waals surface area contributed by atoms with E-state index >= 15 is 0 Å². The molecule has 0 saturated carbocycles. The largest absolute Gasteiger partial charge is 0.263 e. The van der Waals surface area contributed by atoms with Crippen LogP contribution in [0.2, 0.25) is 5.02 Å². The van der Waals surface area contributed by atoms with Gasteiger partial charge in [-0.3, -0.25) is 4.98 Å². The zero-order chi connectivity index (χ0) is 13.6. The average Bonchev–Trinajstić information content (AvgIpc) is 2.29. The minimum absolute atomic E-state index is 0.0361. The minimum Gasteiger partial charge on any atom is -0.263 e. The maximum atomic E-state index is 12.1. The van der Waals surface area contributed by atoms with Crippen LogP contribution in [-0.2, 0) is 10.0 Å². The van der Waals surface area contributed by atoms with Crippen molar-refractivity contribution in [2.45, 2.75) is 50.5 Å². The zero-order valence-electron chi connectivity index (χ0n) is 10.7. The van der Waals surface area contributed by atoms with E-state index in [1.165, 1.54) is 18.5 Å². The molecule has 0 aliphatic heterocycles. The minimum atomic E-state index is -3.57. The molecular weight excluding hydrogens is 272 g/mol. The molecule has 0 radical (unpaired) electrons. The van der Waals surface area contributed by atoms with E-state index in [1.54, 1.807) is 0 Å². The van der Waals surface area contributed by atoms with Crippen LogP contribution in [0, 0.1) is 0 Å². The van der Waals surface area contributed by atoms with Gasteiger partial charge >= 0.3 is 0 Å². The van der Waals surface area contributed by atoms with Crippen molar-refractivity contribution in [2.24, 2.45) is 0 Å². The number of aromatic nitrogens is 1. The Morgan fingerprint density at radius 3 is 2.78 bits per heavy atom. The molecule has 0 fully saturated rings. The van der Waals surface area contributed by atoms with Crippen LogP contribution in [0.4, 0.5) is 0 Å². The summed E-state index contributed by atoms with van der Waals surface area (Å²) in [6, 6.07) is 1.37. The number of pyridine rings is 1. The van der Waals surface area contributed by atoms with Crippen LogP contribution in [0.1, 0.15) is 39.5 Å². The molecule has 1 aromatic rings. The van der Waals surface area contributed by atoms with E-state index in [4.69, 9.17) is 11.6 Å². The van der Waals surface area contributed by atoms with Crippen molar-refractivity contribution in [3.8, 4) is 0 Å². The molecule has 0 amide bonds. The average molecular weight is 291 g/mol. The molecule has 0 saturated heterocycles. The fourth-order valence-corrected chi connectivity index (χ4v) is 3.36. The highest BCUT2D eigenvalue weighted by molar-refractivity contribution is 7.89. The molecule has 1 heterocycles. The van der Waals surface area contributed by atoms with Gasteiger partial charge < -0.3 is 0 Å². The Hall–Kier alpha value is -0.650. The fraction of sp³-hybridized carbons (Fsp3) is 0.583. The van der Waals surface area contributed by atoms with Crippen molar-refractivity contribution in [3.63, 3.8) is 0 Å². The maximum Gasteiger partial charge on any atom is 0.243 e. The van der Waals surface area contributed by atoms with Crippen LogP contribution < -0.4 is 4.72 Å². The predicted molar refractivity (Wildman–Crippen MR) is 73.2 cm³/mol. The van der Waals surface area contributed by atoms with Crippen LogP contribution in [0.5, 0.6) is 0 Å². The van der Waals surface area contributed by atoms with E-state index in [0.717, 1.165) is 25.7 Å². The summed E-state index contributed by atoms with van der Waals surface area (Å²) in [5.41, 5.74) is 0. The normalized spacial score (nSPS) is 13.5. The number of nitrogens with zero attached hydrogens (tertiary/aromatic N) is 1. The van der Waals surface area contributed by atoms with Gasteiger partial charge in [-0.15, -0.1) is 0 Å². The highest BCUT2D eigenvalue weighted by Gasteiger charge is 2.20. The van der Waals surface area contributed by atoms with Crippen molar-refractivity contribution in [2.75, 3.05) is 0 Å². The van der Waals surface area contributed by atoms with Gasteiger partial charge in [0.2, 0.25) is 10.0 Å². The highest BCUT2D eigenvalue weighted by atomic mass is 35.5. The lowest BCUT2D eigenvalue weighted by Crippen LogP contribution is -2.32. The first-order valence-corrected chi connectivity index (χ1v) is 7.95. The smallest absolute Gasteiger partial charge is 0.243 e. The Labute approximate surface area is 114 Å². The Bertz CT molecular complexity index is 477. The highest BCUT2D eigenvalue weighted by Crippen LogP contribution is 2.19. The van der Waals surface area contributed by atoms with Crippen molar-refractivity contribution in [1.29, 1.82) is 0 Å². The molecule has 0 aromatic carbocycles. The van der Waals surface area contributed by atoms with Crippen LogP contribution >= 0.6 is 11.6 Å². The standard InChI is InChI=1S/C12H19ClN2O2S/c1-3-4-5-6-10(2)15-18(16,17)12-9-14-8-7-11(12)13/h7-10,15H,3-6H2,1-2H3. The molecule has 1 atom stereocenters. The molecule has 1 rings (SSSR count). The maximum absolute atomic E-state index is 12.1. The summed E-state index contributed by atoms with van der Waals surface area (Å²) in [5, 5.41) is 0.193. The summed E-state index contributed by atoms with van der Waals surface area (Å²) in [6.07, 6.45) is 6.80. The SMILES string of the molecule is CCCCCC(C)NS(=O)(=O)c1cnccc1Cl. The molecule has 18 heavy (non-hydrogen) atoms. The number of hydrogen-bond donors (Lipinski definition) is 1. The van der Waals surface area contributed by atoms with E-state index in [9.17, 15) is 8.42 Å². The van der Waals surface area contributed by atoms with Gasteiger partial charge in [-0.1, -0.05) is 37.8 Å². The van der Waals surface area contributed by atoms with Crippen molar-refractivity contribution >= 4 is 21.6 Å². The molecule has 0 bridgehead atoms. The third-order valence-corrected chi connectivity index (χ3v) is 4.68. The van der Waals surface area contributed by atoms with Crippen molar-refractivity contribution in [1.82, 2.24) is 9.71 Å². The Morgan fingerprint density at radius 2 is 2.17 bits per heavy atom. The molecule has 102 valence electrons. The van der Waals surface area contributed by atoms with Crippen molar-refractivity contribution in [3.05, 3.63) is 23.5 Å². The lowest BCUT2D eigenvalue weighted by atomic mass is 10.1. The lowest BCUT2D eigenvalue weighted by Gasteiger charge is -2.14. The fourth-order valence-electron chi connectivity index (χ4n) is 1.65. The predicted octanol–water partition coefficient (Wildman–Crippen LogP) is 2.98. The Balaban J connectivity index is 2.68. The summed E-state index contributed by atoms with van der Waals surface area (Å²) in [7, 11) is -3.57. The molecule has 6 heteroatoms. The number of rotatable bonds is 7. The van der Waals surface area contributed by atoms with Crippen LogP contribution in [-0.4, -0.2) is 19.4 Å². The van der Waals surface area contributed by atoms with Crippen LogP contribution in [0.3, 0.4) is 0 Å². The second kappa shape index (κ2) is 7.07. The number of hydrogen-bond acceptors (Lipinski definition) is 3. The molecule has 4 nitrogen and oxygen atoms in total. The quantitative estimate of drug-likeness (QED) is 0.785. The van der Waals surface area contributed by atoms with Crippen LogP contribution in [0.25, 0.3) is 0 Å². The van der Waals surface area contributed by atoms with E-state index in [1.807, 2.05) is 6.92 Å². The first-order chi connectivity index (χ1) is 8.47. The first-order valence-electron chi connectivity index (χ1n) is 6.09. The Morgan fingerprint density at radius 1 is 1.44 bits per heavy atom. The summed E-state index contributed by atoms with van der Waals surface area (Å²) >= 11 is 5.86. The summed E-state index contributed by atoms with van der Waals surface area (Å²) < 4.78 is 26.7. The third kappa shape index (κ3) is 4.55. The third-order valence-electron chi connectivity index (χ3n) is 2.62. The van der Waals surface area contributed by atoms with E-state index in [-0.39, 0.29) is 16.0 Å². The zero-order valence-corrected chi connectivity index (χ0v) is 12.3. The Kier molecular flexibility index (Phi) is 6.05. The molecular formula is C12H19ClN2O2S. The van der Waals surface area contributed by atoms with Gasteiger partial charge in [0.1, 0.15) is 4.90 Å². The molecule has 1 N–H and O–H groups in total. The van der Waals surface area contributed by atoms with Gasteiger partial charge in [0.15, 0.2) is 0 Å². The molecule has 1 aromatic heterocycles. The van der Waals surface area contributed by atoms with E-state index in [0.29, 0.717) is 0 Å². The first kappa shape index (κ1) is 15.4. The van der Waals surface area contributed by atoms with Crippen LogP contribution in [0.15, 0.2) is 23.4 Å². The summed E-state index contributed by atoms with van der Waals surface area (Å²) in [5.74, 6) is 0. The second-order valence-electron chi connectivity index (χ2n) is 4.32. The number of unbranched alkanes of at least 4 members (excludes halogenated alkanes) is 2. The molecule has 0 spiro atoms. The van der Waals surface area contributed by atoms with Crippen molar-refractivity contribution < 1.29 is 8.42 Å². The monoisotopic (exact) mass is 290 g/mol. The summed E-state index contributed by atoms with van der Waals surface area (Å²) in [6.45, 7) is 3.97. The molecule has 0 aliphatic rings. The van der Waals surface area contributed by atoms with Gasteiger partial charge in [0, 0.05) is 18.4 Å². The van der Waals surface area contributed by atoms with Gasteiger partial charge in [-0.05, 0) is 19.4 Å². The summed E-state index contributed by atoms with van der Waals surface area (Å²) in [4.78, 5) is 3.83. The molecule has 0 aliphatic carbocycles. The van der Waals surface area contributed by atoms with Gasteiger partial charge in [-0.25, -0.2) is 13.1 Å². The number of sulfonamides is 1. The van der Waals surface area contributed by atoms with Gasteiger partial charge in [0.25, 0.3) is 0 Å². The molecule has 1 unspecified atom stereocenters. The number of halogens is 1. The van der Waals surface area contributed by atoms with E-state index in [2.05, 4.69) is 16.6 Å². The van der Waals surface area contributed by atoms with Gasteiger partial charge in [0.05, 0.1) is 5.02 Å². The lowest BCUT2D eigenvalue weighted by molar-refractivity contribution is 0.527.